The van der Waals surface area contributed by atoms with E-state index in [1.807, 2.05) is 37.3 Å². The van der Waals surface area contributed by atoms with E-state index in [4.69, 9.17) is 4.74 Å². The van der Waals surface area contributed by atoms with Crippen LogP contribution in [0.4, 0.5) is 0 Å². The van der Waals surface area contributed by atoms with Crippen LogP contribution in [-0.4, -0.2) is 41.7 Å². The number of fused-ring (bicyclic) bond motifs is 1. The smallest absolute Gasteiger partial charge is 0.187 e. The van der Waals surface area contributed by atoms with E-state index in [1.165, 1.54) is 19.3 Å². The minimum absolute atomic E-state index is 0.188. The standard InChI is InChI=1S/C22H24BrNO2S/c1-16-12-18-20(19(23)13-16)26-15-22(21(18)25,14-24-10-6-3-7-11-24)27-17-8-4-2-5-9-17/h2,4-5,8-9,12-13H,3,6-7,10-11,14-15H2,1H3/t22-/m0/s1. The SMILES string of the molecule is Cc1cc(Br)c2c(c1)C(=O)[C@@](CN1CCCCC1)(Sc1ccccc1)CO2. The maximum atomic E-state index is 13.8. The summed E-state index contributed by atoms with van der Waals surface area (Å²) >= 11 is 5.23. The summed E-state index contributed by atoms with van der Waals surface area (Å²) in [4.78, 5) is 17.3. The Hall–Kier alpha value is -1.30. The summed E-state index contributed by atoms with van der Waals surface area (Å²) in [5.41, 5.74) is 1.77. The van der Waals surface area contributed by atoms with Crippen molar-refractivity contribution in [2.75, 3.05) is 26.2 Å². The largest absolute Gasteiger partial charge is 0.490 e. The number of halogens is 1. The van der Waals surface area contributed by atoms with Gasteiger partial charge in [0, 0.05) is 11.4 Å². The molecule has 0 aliphatic carbocycles. The van der Waals surface area contributed by atoms with Crippen LogP contribution in [0.15, 0.2) is 51.8 Å². The zero-order valence-corrected chi connectivity index (χ0v) is 17.9. The quantitative estimate of drug-likeness (QED) is 0.634. The van der Waals surface area contributed by atoms with Crippen LogP contribution in [0.5, 0.6) is 5.75 Å². The summed E-state index contributed by atoms with van der Waals surface area (Å²) in [7, 11) is 0. The average molecular weight is 446 g/mol. The number of thioether (sulfide) groups is 1. The zero-order valence-electron chi connectivity index (χ0n) is 15.5. The van der Waals surface area contributed by atoms with Gasteiger partial charge in [0.05, 0.1) is 10.0 Å². The number of hydrogen-bond acceptors (Lipinski definition) is 4. The van der Waals surface area contributed by atoms with E-state index in [0.29, 0.717) is 17.9 Å². The summed E-state index contributed by atoms with van der Waals surface area (Å²) in [6, 6.07) is 14.2. The Kier molecular flexibility index (Phi) is 5.62. The van der Waals surface area contributed by atoms with Gasteiger partial charge in [-0.15, -0.1) is 11.8 Å². The van der Waals surface area contributed by atoms with E-state index >= 15 is 0 Å². The lowest BCUT2D eigenvalue weighted by molar-refractivity contribution is 0.0805. The van der Waals surface area contributed by atoms with Crippen LogP contribution in [0, 0.1) is 6.92 Å². The molecule has 0 N–H and O–H groups in total. The van der Waals surface area contributed by atoms with Gasteiger partial charge >= 0.3 is 0 Å². The third-order valence-corrected chi connectivity index (χ3v) is 7.20. The van der Waals surface area contributed by atoms with Crippen LogP contribution < -0.4 is 4.74 Å². The molecule has 2 aliphatic rings. The molecule has 0 amide bonds. The molecule has 0 spiro atoms. The molecule has 3 nitrogen and oxygen atoms in total. The van der Waals surface area contributed by atoms with Crippen molar-refractivity contribution in [3.05, 3.63) is 58.1 Å². The molecule has 0 saturated carbocycles. The van der Waals surface area contributed by atoms with Crippen molar-refractivity contribution in [3.63, 3.8) is 0 Å². The molecule has 2 aromatic rings. The van der Waals surface area contributed by atoms with E-state index < -0.39 is 4.75 Å². The fourth-order valence-electron chi connectivity index (χ4n) is 3.96. The number of hydrogen-bond donors (Lipinski definition) is 0. The molecule has 2 aromatic carbocycles. The van der Waals surface area contributed by atoms with Gasteiger partial charge in [-0.25, -0.2) is 0 Å². The Morgan fingerprint density at radius 1 is 1.15 bits per heavy atom. The van der Waals surface area contributed by atoms with Crippen molar-refractivity contribution in [1.82, 2.24) is 4.90 Å². The molecule has 0 aromatic heterocycles. The number of nitrogens with zero attached hydrogens (tertiary/aromatic N) is 1. The van der Waals surface area contributed by atoms with Gasteiger partial charge in [0.2, 0.25) is 0 Å². The molecule has 2 heterocycles. The fourth-order valence-corrected chi connectivity index (χ4v) is 5.96. The van der Waals surface area contributed by atoms with Crippen LogP contribution in [0.25, 0.3) is 0 Å². The van der Waals surface area contributed by atoms with Crippen LogP contribution in [-0.2, 0) is 0 Å². The number of carbonyl (C=O) groups is 1. The number of rotatable bonds is 4. The topological polar surface area (TPSA) is 29.5 Å². The molecule has 2 aliphatic heterocycles. The van der Waals surface area contributed by atoms with E-state index in [1.54, 1.807) is 11.8 Å². The molecular weight excluding hydrogens is 422 g/mol. The highest BCUT2D eigenvalue weighted by Crippen LogP contribution is 2.44. The summed E-state index contributed by atoms with van der Waals surface area (Å²) in [5, 5.41) is 0. The summed E-state index contributed by atoms with van der Waals surface area (Å²) in [6.07, 6.45) is 3.71. The van der Waals surface area contributed by atoms with Crippen molar-refractivity contribution in [2.24, 2.45) is 0 Å². The van der Waals surface area contributed by atoms with E-state index in [-0.39, 0.29) is 5.78 Å². The molecular formula is C22H24BrNO2S. The number of ketones is 1. The highest BCUT2D eigenvalue weighted by atomic mass is 79.9. The van der Waals surface area contributed by atoms with Crippen molar-refractivity contribution >= 4 is 33.5 Å². The lowest BCUT2D eigenvalue weighted by Crippen LogP contribution is -2.53. The van der Waals surface area contributed by atoms with Gasteiger partial charge < -0.3 is 9.64 Å². The number of piperidine rings is 1. The monoisotopic (exact) mass is 445 g/mol. The van der Waals surface area contributed by atoms with Crippen LogP contribution in [0.1, 0.15) is 35.2 Å². The molecule has 27 heavy (non-hydrogen) atoms. The van der Waals surface area contributed by atoms with Gasteiger partial charge in [0.1, 0.15) is 17.1 Å². The van der Waals surface area contributed by atoms with E-state index in [0.717, 1.165) is 34.6 Å². The molecule has 0 unspecified atom stereocenters. The first-order valence-electron chi connectivity index (χ1n) is 9.52. The summed E-state index contributed by atoms with van der Waals surface area (Å²) in [5.74, 6) is 0.876. The van der Waals surface area contributed by atoms with Gasteiger partial charge in [-0.1, -0.05) is 24.6 Å². The van der Waals surface area contributed by atoms with Gasteiger partial charge in [0.15, 0.2) is 5.78 Å². The van der Waals surface area contributed by atoms with Crippen LogP contribution >= 0.6 is 27.7 Å². The lowest BCUT2D eigenvalue weighted by atomic mass is 9.92. The Balaban J connectivity index is 1.72. The Labute approximate surface area is 173 Å². The normalized spacial score (nSPS) is 23.0. The third kappa shape index (κ3) is 3.96. The molecule has 5 heteroatoms. The summed E-state index contributed by atoms with van der Waals surface area (Å²) < 4.78 is 6.45. The minimum Gasteiger partial charge on any atom is -0.490 e. The summed E-state index contributed by atoms with van der Waals surface area (Å²) in [6.45, 7) is 5.28. The minimum atomic E-state index is -0.612. The molecule has 0 bridgehead atoms. The second-order valence-electron chi connectivity index (χ2n) is 7.49. The van der Waals surface area contributed by atoms with Crippen molar-refractivity contribution in [1.29, 1.82) is 0 Å². The molecule has 142 valence electrons. The predicted octanol–water partition coefficient (Wildman–Crippen LogP) is 5.35. The van der Waals surface area contributed by atoms with Gasteiger partial charge in [-0.05, 0) is 78.6 Å². The Bertz CT molecular complexity index is 836. The predicted molar refractivity (Wildman–Crippen MR) is 114 cm³/mol. The first kappa shape index (κ1) is 19.0. The third-order valence-electron chi connectivity index (χ3n) is 5.28. The first-order valence-corrected chi connectivity index (χ1v) is 11.1. The van der Waals surface area contributed by atoms with Gasteiger partial charge in [-0.3, -0.25) is 4.79 Å². The van der Waals surface area contributed by atoms with Crippen LogP contribution in [0.2, 0.25) is 0 Å². The van der Waals surface area contributed by atoms with Gasteiger partial charge in [-0.2, -0.15) is 0 Å². The number of carbonyl (C=O) groups excluding carboxylic acids is 1. The van der Waals surface area contributed by atoms with E-state index in [2.05, 4.69) is 33.0 Å². The Morgan fingerprint density at radius 3 is 2.63 bits per heavy atom. The molecule has 1 fully saturated rings. The number of ether oxygens (including phenoxy) is 1. The Morgan fingerprint density at radius 2 is 1.89 bits per heavy atom. The lowest BCUT2D eigenvalue weighted by Gasteiger charge is -2.40. The fraction of sp³-hybridized carbons (Fsp3) is 0.409. The first-order chi connectivity index (χ1) is 13.1. The molecule has 4 rings (SSSR count). The average Bonchev–Trinajstić information content (AvgIpc) is 2.67. The van der Waals surface area contributed by atoms with Crippen LogP contribution in [0.3, 0.4) is 0 Å². The van der Waals surface area contributed by atoms with Gasteiger partial charge in [0.25, 0.3) is 0 Å². The zero-order chi connectivity index (χ0) is 18.9. The molecule has 1 saturated heterocycles. The maximum absolute atomic E-state index is 13.8. The number of aryl methyl sites for hydroxylation is 1. The number of likely N-dealkylation sites (tertiary alicyclic amines) is 1. The van der Waals surface area contributed by atoms with Crippen molar-refractivity contribution in [2.45, 2.75) is 35.8 Å². The second-order valence-corrected chi connectivity index (χ2v) is 9.80. The molecule has 0 radical (unpaired) electrons. The number of benzene rings is 2. The second kappa shape index (κ2) is 7.98. The van der Waals surface area contributed by atoms with Crippen molar-refractivity contribution in [3.8, 4) is 5.75 Å². The number of Topliss-reactive ketones (excluding diaryl/α,β-unsaturated/α-hetero) is 1. The highest BCUT2D eigenvalue weighted by Gasteiger charge is 2.47. The maximum Gasteiger partial charge on any atom is 0.187 e. The van der Waals surface area contributed by atoms with Crippen molar-refractivity contribution < 1.29 is 9.53 Å². The highest BCUT2D eigenvalue weighted by molar-refractivity contribution is 9.10. The van der Waals surface area contributed by atoms with E-state index in [9.17, 15) is 4.79 Å². The molecule has 1 atom stereocenters.